The molecule has 1 rings (SSSR count). The van der Waals surface area contributed by atoms with Gasteiger partial charge in [-0.15, -0.1) is 12.6 Å². The van der Waals surface area contributed by atoms with Crippen LogP contribution in [0.3, 0.4) is 0 Å². The number of carbonyl (C=O) groups excluding carboxylic acids is 1. The quantitative estimate of drug-likeness (QED) is 0.609. The highest BCUT2D eigenvalue weighted by molar-refractivity contribution is 7.80. The van der Waals surface area contributed by atoms with Gasteiger partial charge in [0.2, 0.25) is 0 Å². The molecule has 0 saturated heterocycles. The average Bonchev–Trinajstić information content (AvgIpc) is 2.17. The molecule has 0 spiro atoms. The minimum Gasteiger partial charge on any atom is -0.481 e. The summed E-state index contributed by atoms with van der Waals surface area (Å²) in [5.74, 6) is -1.77. The number of benzene rings is 1. The fraction of sp³-hybridized carbons (Fsp3) is 0.273. The maximum Gasteiger partial charge on any atom is 0.306 e. The highest BCUT2D eigenvalue weighted by Crippen LogP contribution is 2.13. The molecule has 0 aliphatic rings. The summed E-state index contributed by atoms with van der Waals surface area (Å²) in [6, 6.07) is 6.79. The highest BCUT2D eigenvalue weighted by Gasteiger charge is 2.16. The van der Waals surface area contributed by atoms with E-state index in [1.54, 1.807) is 24.3 Å². The van der Waals surface area contributed by atoms with Crippen molar-refractivity contribution < 1.29 is 14.7 Å². The zero-order valence-corrected chi connectivity index (χ0v) is 9.20. The zero-order valence-electron chi connectivity index (χ0n) is 8.30. The van der Waals surface area contributed by atoms with E-state index in [9.17, 15) is 9.59 Å². The lowest BCUT2D eigenvalue weighted by molar-refractivity contribution is -0.141. The largest absolute Gasteiger partial charge is 0.481 e. The van der Waals surface area contributed by atoms with E-state index in [1.165, 1.54) is 6.92 Å². The van der Waals surface area contributed by atoms with Crippen molar-refractivity contribution in [2.24, 2.45) is 5.92 Å². The van der Waals surface area contributed by atoms with Crippen LogP contribution in [0, 0.1) is 5.92 Å². The van der Waals surface area contributed by atoms with Crippen molar-refractivity contribution in [3.8, 4) is 0 Å². The predicted molar refractivity (Wildman–Crippen MR) is 59.4 cm³/mol. The maximum absolute atomic E-state index is 11.6. The summed E-state index contributed by atoms with van der Waals surface area (Å²) in [6.45, 7) is 1.52. The van der Waals surface area contributed by atoms with Crippen LogP contribution < -0.4 is 0 Å². The first-order chi connectivity index (χ1) is 7.00. The van der Waals surface area contributed by atoms with Gasteiger partial charge in [-0.25, -0.2) is 0 Å². The van der Waals surface area contributed by atoms with Gasteiger partial charge in [0.15, 0.2) is 5.78 Å². The number of hydrogen-bond donors (Lipinski definition) is 2. The SMILES string of the molecule is C[C@@H](CC(=O)c1cccc(S)c1)C(=O)O. The van der Waals surface area contributed by atoms with Crippen LogP contribution in [0.5, 0.6) is 0 Å². The number of hydrogen-bond acceptors (Lipinski definition) is 3. The summed E-state index contributed by atoms with van der Waals surface area (Å²) in [6.07, 6.45) is 0.0204. The van der Waals surface area contributed by atoms with Gasteiger partial charge in [-0.2, -0.15) is 0 Å². The molecule has 3 nitrogen and oxygen atoms in total. The molecular formula is C11H12O3S. The van der Waals surface area contributed by atoms with Crippen molar-refractivity contribution in [3.05, 3.63) is 29.8 Å². The summed E-state index contributed by atoms with van der Waals surface area (Å²) in [4.78, 5) is 22.9. The Labute approximate surface area is 93.5 Å². The lowest BCUT2D eigenvalue weighted by Gasteiger charge is -2.05. The third-order valence-corrected chi connectivity index (χ3v) is 2.36. The van der Waals surface area contributed by atoms with Crippen LogP contribution in [0.25, 0.3) is 0 Å². The first kappa shape index (κ1) is 11.8. The number of ketones is 1. The fourth-order valence-electron chi connectivity index (χ4n) is 1.16. The second-order valence-corrected chi connectivity index (χ2v) is 3.93. The van der Waals surface area contributed by atoms with Crippen LogP contribution in [0.2, 0.25) is 0 Å². The van der Waals surface area contributed by atoms with E-state index < -0.39 is 11.9 Å². The lowest BCUT2D eigenvalue weighted by Crippen LogP contribution is -2.14. The monoisotopic (exact) mass is 224 g/mol. The molecule has 0 aliphatic carbocycles. The second kappa shape index (κ2) is 4.98. The van der Waals surface area contributed by atoms with Gasteiger partial charge in [-0.3, -0.25) is 9.59 Å². The van der Waals surface area contributed by atoms with E-state index in [0.29, 0.717) is 10.5 Å². The van der Waals surface area contributed by atoms with Gasteiger partial charge in [-0.05, 0) is 12.1 Å². The summed E-state index contributed by atoms with van der Waals surface area (Å²) < 4.78 is 0. The molecule has 0 saturated carbocycles. The molecule has 15 heavy (non-hydrogen) atoms. The van der Waals surface area contributed by atoms with E-state index in [-0.39, 0.29) is 12.2 Å². The van der Waals surface area contributed by atoms with Crippen LogP contribution in [-0.2, 0) is 4.79 Å². The Morgan fingerprint density at radius 2 is 2.13 bits per heavy atom. The molecule has 1 atom stereocenters. The maximum atomic E-state index is 11.6. The van der Waals surface area contributed by atoms with Crippen molar-refractivity contribution >= 4 is 24.4 Å². The Balaban J connectivity index is 2.73. The van der Waals surface area contributed by atoms with E-state index in [4.69, 9.17) is 5.11 Å². The molecule has 0 aliphatic heterocycles. The predicted octanol–water partition coefficient (Wildman–Crippen LogP) is 2.27. The van der Waals surface area contributed by atoms with Gasteiger partial charge in [-0.1, -0.05) is 19.1 Å². The third-order valence-electron chi connectivity index (χ3n) is 2.08. The van der Waals surface area contributed by atoms with E-state index in [2.05, 4.69) is 12.6 Å². The Kier molecular flexibility index (Phi) is 3.91. The number of carboxylic acids is 1. The van der Waals surface area contributed by atoms with Crippen molar-refractivity contribution in [2.45, 2.75) is 18.2 Å². The Morgan fingerprint density at radius 1 is 1.47 bits per heavy atom. The number of carboxylic acid groups (broad SMARTS) is 1. The van der Waals surface area contributed by atoms with Gasteiger partial charge in [0, 0.05) is 16.9 Å². The molecule has 1 aromatic carbocycles. The summed E-state index contributed by atoms with van der Waals surface area (Å²) >= 11 is 4.11. The summed E-state index contributed by atoms with van der Waals surface area (Å²) in [5.41, 5.74) is 0.510. The number of thiol groups is 1. The molecule has 0 bridgehead atoms. The minimum atomic E-state index is -0.953. The molecule has 0 radical (unpaired) electrons. The molecule has 4 heteroatoms. The Hall–Kier alpha value is -1.29. The molecular weight excluding hydrogens is 212 g/mol. The first-order valence-electron chi connectivity index (χ1n) is 4.55. The second-order valence-electron chi connectivity index (χ2n) is 3.42. The molecule has 80 valence electrons. The highest BCUT2D eigenvalue weighted by atomic mass is 32.1. The van der Waals surface area contributed by atoms with Gasteiger partial charge in [0.1, 0.15) is 0 Å². The van der Waals surface area contributed by atoms with Crippen LogP contribution in [0.4, 0.5) is 0 Å². The number of rotatable bonds is 4. The fourth-order valence-corrected chi connectivity index (χ4v) is 1.39. The van der Waals surface area contributed by atoms with Gasteiger partial charge in [0.25, 0.3) is 0 Å². The number of aliphatic carboxylic acids is 1. The molecule has 0 heterocycles. The van der Waals surface area contributed by atoms with Crippen LogP contribution in [-0.4, -0.2) is 16.9 Å². The standard InChI is InChI=1S/C11H12O3S/c1-7(11(13)14)5-10(12)8-3-2-4-9(15)6-8/h2-4,6-7,15H,5H2,1H3,(H,13,14)/t7-/m0/s1. The topological polar surface area (TPSA) is 54.4 Å². The van der Waals surface area contributed by atoms with Crippen molar-refractivity contribution in [2.75, 3.05) is 0 Å². The van der Waals surface area contributed by atoms with E-state index in [1.807, 2.05) is 0 Å². The lowest BCUT2D eigenvalue weighted by atomic mass is 10.00. The minimum absolute atomic E-state index is 0.0204. The molecule has 0 amide bonds. The Morgan fingerprint density at radius 3 is 2.67 bits per heavy atom. The molecule has 1 aromatic rings. The van der Waals surface area contributed by atoms with Crippen molar-refractivity contribution in [1.82, 2.24) is 0 Å². The molecule has 0 aromatic heterocycles. The summed E-state index contributed by atoms with van der Waals surface area (Å²) in [5, 5.41) is 8.67. The van der Waals surface area contributed by atoms with E-state index in [0.717, 1.165) is 0 Å². The summed E-state index contributed by atoms with van der Waals surface area (Å²) in [7, 11) is 0. The first-order valence-corrected chi connectivity index (χ1v) is 5.00. The molecule has 1 N–H and O–H groups in total. The van der Waals surface area contributed by atoms with Gasteiger partial charge < -0.3 is 5.11 Å². The third kappa shape index (κ3) is 3.40. The smallest absolute Gasteiger partial charge is 0.306 e. The van der Waals surface area contributed by atoms with Crippen molar-refractivity contribution in [1.29, 1.82) is 0 Å². The van der Waals surface area contributed by atoms with Gasteiger partial charge >= 0.3 is 5.97 Å². The van der Waals surface area contributed by atoms with Crippen LogP contribution >= 0.6 is 12.6 Å². The Bertz CT molecular complexity index is 387. The van der Waals surface area contributed by atoms with E-state index >= 15 is 0 Å². The van der Waals surface area contributed by atoms with Gasteiger partial charge in [0.05, 0.1) is 5.92 Å². The molecule has 0 fully saturated rings. The number of Topliss-reactive ketones (excluding diaryl/α,β-unsaturated/α-hetero) is 1. The number of carbonyl (C=O) groups is 2. The zero-order chi connectivity index (χ0) is 11.4. The van der Waals surface area contributed by atoms with Crippen LogP contribution in [0.1, 0.15) is 23.7 Å². The molecule has 0 unspecified atom stereocenters. The average molecular weight is 224 g/mol. The van der Waals surface area contributed by atoms with Crippen molar-refractivity contribution in [3.63, 3.8) is 0 Å². The van der Waals surface area contributed by atoms with Crippen LogP contribution in [0.15, 0.2) is 29.2 Å². The normalized spacial score (nSPS) is 12.1.